The second kappa shape index (κ2) is 6.13. The molecule has 0 aromatic carbocycles. The molecule has 5 nitrogen and oxygen atoms in total. The van der Waals surface area contributed by atoms with E-state index >= 15 is 0 Å². The first-order valence-corrected chi connectivity index (χ1v) is 6.61. The second-order valence-electron chi connectivity index (χ2n) is 4.80. The maximum absolute atomic E-state index is 12.4. The predicted octanol–water partition coefficient (Wildman–Crippen LogP) is 0.427. The minimum absolute atomic E-state index is 0.0450. The van der Waals surface area contributed by atoms with E-state index in [9.17, 15) is 9.59 Å². The summed E-state index contributed by atoms with van der Waals surface area (Å²) in [5.41, 5.74) is 5.08. The Balaban J connectivity index is 2.66. The highest BCUT2D eigenvalue weighted by molar-refractivity contribution is 7.80. The zero-order valence-electron chi connectivity index (χ0n) is 11.0. The van der Waals surface area contributed by atoms with Crippen molar-refractivity contribution in [3.8, 4) is 0 Å². The van der Waals surface area contributed by atoms with E-state index in [1.807, 2.05) is 0 Å². The number of carbonyl (C=O) groups excluding carboxylic acids is 2. The third-order valence-electron chi connectivity index (χ3n) is 3.64. The van der Waals surface area contributed by atoms with E-state index in [-0.39, 0.29) is 16.8 Å². The number of hydrogen-bond acceptors (Lipinski definition) is 3. The minimum atomic E-state index is -0.674. The molecule has 0 saturated heterocycles. The Hall–Kier alpha value is -1.17. The molecule has 2 amide bonds. The van der Waals surface area contributed by atoms with Crippen LogP contribution in [0.2, 0.25) is 0 Å². The van der Waals surface area contributed by atoms with Crippen molar-refractivity contribution in [1.82, 2.24) is 10.2 Å². The minimum Gasteiger partial charge on any atom is -0.392 e. The third kappa shape index (κ3) is 2.98. The standard InChI is InChI=1S/C12H21N3O2S/c1-14-9(16)5-8-15(2)11(17)12(10(13)18)6-3-4-7-12/h3-8H2,1-2H3,(H2,13,18)(H,14,16). The summed E-state index contributed by atoms with van der Waals surface area (Å²) in [6, 6.07) is 0. The van der Waals surface area contributed by atoms with E-state index in [1.165, 1.54) is 0 Å². The van der Waals surface area contributed by atoms with Crippen LogP contribution in [0.15, 0.2) is 0 Å². The Labute approximate surface area is 113 Å². The lowest BCUT2D eigenvalue weighted by molar-refractivity contribution is -0.137. The van der Waals surface area contributed by atoms with Gasteiger partial charge in [0.05, 0.1) is 10.4 Å². The molecule has 0 spiro atoms. The number of rotatable bonds is 5. The van der Waals surface area contributed by atoms with Gasteiger partial charge in [-0.3, -0.25) is 9.59 Å². The van der Waals surface area contributed by atoms with Crippen molar-refractivity contribution in [2.75, 3.05) is 20.6 Å². The molecule has 102 valence electrons. The predicted molar refractivity (Wildman–Crippen MR) is 74.0 cm³/mol. The summed E-state index contributed by atoms with van der Waals surface area (Å²) < 4.78 is 0. The van der Waals surface area contributed by atoms with E-state index < -0.39 is 5.41 Å². The van der Waals surface area contributed by atoms with Crippen LogP contribution in [-0.2, 0) is 9.59 Å². The van der Waals surface area contributed by atoms with Crippen LogP contribution in [0.25, 0.3) is 0 Å². The van der Waals surface area contributed by atoms with Gasteiger partial charge in [-0.2, -0.15) is 0 Å². The highest BCUT2D eigenvalue weighted by Crippen LogP contribution is 2.39. The van der Waals surface area contributed by atoms with Gasteiger partial charge in [-0.05, 0) is 12.8 Å². The number of amides is 2. The highest BCUT2D eigenvalue weighted by atomic mass is 32.1. The Morgan fingerprint density at radius 3 is 2.39 bits per heavy atom. The van der Waals surface area contributed by atoms with Gasteiger partial charge >= 0.3 is 0 Å². The summed E-state index contributed by atoms with van der Waals surface area (Å²) >= 11 is 5.07. The molecule has 1 rings (SSSR count). The van der Waals surface area contributed by atoms with Crippen molar-refractivity contribution in [3.63, 3.8) is 0 Å². The normalized spacial score (nSPS) is 17.2. The largest absolute Gasteiger partial charge is 0.392 e. The topological polar surface area (TPSA) is 75.4 Å². The van der Waals surface area contributed by atoms with Crippen molar-refractivity contribution < 1.29 is 9.59 Å². The van der Waals surface area contributed by atoms with E-state index in [1.54, 1.807) is 19.0 Å². The molecule has 1 fully saturated rings. The molecule has 6 heteroatoms. The van der Waals surface area contributed by atoms with Gasteiger partial charge in [0.15, 0.2) is 0 Å². The third-order valence-corrected chi connectivity index (χ3v) is 4.03. The molecule has 1 aliphatic rings. The van der Waals surface area contributed by atoms with Crippen molar-refractivity contribution in [3.05, 3.63) is 0 Å². The summed E-state index contributed by atoms with van der Waals surface area (Å²) in [7, 11) is 3.28. The van der Waals surface area contributed by atoms with E-state index in [0.29, 0.717) is 13.0 Å². The Bertz CT molecular complexity index is 351. The molecule has 0 bridgehead atoms. The summed E-state index contributed by atoms with van der Waals surface area (Å²) in [6.45, 7) is 0.392. The van der Waals surface area contributed by atoms with Gasteiger partial charge in [0, 0.05) is 27.1 Å². The summed E-state index contributed by atoms with van der Waals surface area (Å²) in [5, 5.41) is 2.53. The zero-order valence-corrected chi connectivity index (χ0v) is 11.8. The monoisotopic (exact) mass is 271 g/mol. The molecule has 0 unspecified atom stereocenters. The lowest BCUT2D eigenvalue weighted by Crippen LogP contribution is -2.48. The van der Waals surface area contributed by atoms with Crippen LogP contribution >= 0.6 is 12.2 Å². The molecule has 0 radical (unpaired) electrons. The van der Waals surface area contributed by atoms with E-state index in [4.69, 9.17) is 18.0 Å². The molecule has 0 aromatic heterocycles. The highest BCUT2D eigenvalue weighted by Gasteiger charge is 2.45. The fourth-order valence-corrected chi connectivity index (χ4v) is 2.70. The van der Waals surface area contributed by atoms with Gasteiger partial charge in [0.1, 0.15) is 0 Å². The first kappa shape index (κ1) is 14.9. The van der Waals surface area contributed by atoms with Crippen LogP contribution in [-0.4, -0.2) is 42.3 Å². The van der Waals surface area contributed by atoms with Gasteiger partial charge in [-0.1, -0.05) is 25.1 Å². The van der Waals surface area contributed by atoms with Crippen LogP contribution < -0.4 is 11.1 Å². The molecule has 0 aromatic rings. The molecular formula is C12H21N3O2S. The molecular weight excluding hydrogens is 250 g/mol. The van der Waals surface area contributed by atoms with Crippen LogP contribution in [0.5, 0.6) is 0 Å². The van der Waals surface area contributed by atoms with Crippen molar-refractivity contribution in [1.29, 1.82) is 0 Å². The maximum atomic E-state index is 12.4. The second-order valence-corrected chi connectivity index (χ2v) is 5.24. The van der Waals surface area contributed by atoms with Gasteiger partial charge in [0.2, 0.25) is 11.8 Å². The van der Waals surface area contributed by atoms with Gasteiger partial charge < -0.3 is 16.0 Å². The molecule has 0 atom stereocenters. The van der Waals surface area contributed by atoms with Crippen LogP contribution in [0, 0.1) is 5.41 Å². The maximum Gasteiger partial charge on any atom is 0.235 e. The Kier molecular flexibility index (Phi) is 5.07. The number of thiocarbonyl (C=S) groups is 1. The average molecular weight is 271 g/mol. The number of nitrogens with two attached hydrogens (primary N) is 1. The molecule has 1 aliphatic carbocycles. The summed E-state index contributed by atoms with van der Waals surface area (Å²) in [6.07, 6.45) is 3.71. The molecule has 0 heterocycles. The molecule has 3 N–H and O–H groups in total. The van der Waals surface area contributed by atoms with Gasteiger partial charge in [0.25, 0.3) is 0 Å². The lowest BCUT2D eigenvalue weighted by atomic mass is 9.84. The van der Waals surface area contributed by atoms with Gasteiger partial charge in [-0.15, -0.1) is 0 Å². The van der Waals surface area contributed by atoms with Crippen LogP contribution in [0.3, 0.4) is 0 Å². The number of nitrogens with zero attached hydrogens (tertiary/aromatic N) is 1. The molecule has 1 saturated carbocycles. The van der Waals surface area contributed by atoms with Crippen molar-refractivity contribution in [2.24, 2.45) is 11.1 Å². The SMILES string of the molecule is CNC(=O)CCN(C)C(=O)C1(C(N)=S)CCCC1. The fourth-order valence-electron chi connectivity index (χ4n) is 2.41. The number of carbonyl (C=O) groups is 2. The zero-order chi connectivity index (χ0) is 13.8. The Morgan fingerprint density at radius 1 is 1.39 bits per heavy atom. The Morgan fingerprint density at radius 2 is 1.94 bits per heavy atom. The number of nitrogens with one attached hydrogen (secondary N) is 1. The lowest BCUT2D eigenvalue weighted by Gasteiger charge is -2.31. The molecule has 0 aliphatic heterocycles. The summed E-state index contributed by atoms with van der Waals surface area (Å²) in [5.74, 6) is -0.123. The van der Waals surface area contributed by atoms with E-state index in [2.05, 4.69) is 5.32 Å². The van der Waals surface area contributed by atoms with E-state index in [0.717, 1.165) is 25.7 Å². The van der Waals surface area contributed by atoms with Gasteiger partial charge in [-0.25, -0.2) is 0 Å². The van der Waals surface area contributed by atoms with Crippen LogP contribution in [0.4, 0.5) is 0 Å². The van der Waals surface area contributed by atoms with Crippen molar-refractivity contribution in [2.45, 2.75) is 32.1 Å². The van der Waals surface area contributed by atoms with Crippen LogP contribution in [0.1, 0.15) is 32.1 Å². The first-order chi connectivity index (χ1) is 8.44. The summed E-state index contributed by atoms with van der Waals surface area (Å²) in [4.78, 5) is 25.5. The fraction of sp³-hybridized carbons (Fsp3) is 0.750. The van der Waals surface area contributed by atoms with Crippen molar-refractivity contribution >= 4 is 29.0 Å². The average Bonchev–Trinajstić information content (AvgIpc) is 2.84. The first-order valence-electron chi connectivity index (χ1n) is 6.20. The number of hydrogen-bond donors (Lipinski definition) is 2. The quantitative estimate of drug-likeness (QED) is 0.711. The smallest absolute Gasteiger partial charge is 0.235 e. The molecule has 18 heavy (non-hydrogen) atoms.